The van der Waals surface area contributed by atoms with E-state index in [1.165, 1.54) is 6.07 Å². The first-order valence-electron chi connectivity index (χ1n) is 7.37. The van der Waals surface area contributed by atoms with Crippen LogP contribution >= 0.6 is 0 Å². The van der Waals surface area contributed by atoms with E-state index in [1.807, 2.05) is 20.8 Å². The summed E-state index contributed by atoms with van der Waals surface area (Å²) in [6.45, 7) is 5.82. The van der Waals surface area contributed by atoms with Gasteiger partial charge in [-0.1, -0.05) is 17.3 Å². The van der Waals surface area contributed by atoms with Gasteiger partial charge in [-0.2, -0.15) is 0 Å². The lowest BCUT2D eigenvalue weighted by molar-refractivity contribution is -0.125. The number of hydrogen-bond acceptors (Lipinski definition) is 3. The molecule has 0 saturated heterocycles. The number of hydrogen-bond donors (Lipinski definition) is 1. The summed E-state index contributed by atoms with van der Waals surface area (Å²) in [4.78, 5) is 12.5. The Morgan fingerprint density at radius 1 is 1.32 bits per heavy atom. The van der Waals surface area contributed by atoms with Crippen LogP contribution in [0.15, 0.2) is 34.9 Å². The van der Waals surface area contributed by atoms with E-state index in [9.17, 15) is 9.18 Å². The zero-order chi connectivity index (χ0) is 16.0. The molecule has 2 aromatic rings. The molecule has 1 aliphatic carbocycles. The van der Waals surface area contributed by atoms with Crippen LogP contribution < -0.4 is 5.32 Å². The molecule has 5 heteroatoms. The van der Waals surface area contributed by atoms with Gasteiger partial charge in [-0.25, -0.2) is 4.39 Å². The minimum Gasteiger partial charge on any atom is -0.356 e. The summed E-state index contributed by atoms with van der Waals surface area (Å²) in [7, 11) is 0. The number of nitrogens with one attached hydrogen (secondary N) is 1. The predicted octanol–water partition coefficient (Wildman–Crippen LogP) is 3.43. The zero-order valence-corrected chi connectivity index (χ0v) is 12.9. The molecule has 0 bridgehead atoms. The second kappa shape index (κ2) is 4.93. The lowest BCUT2D eigenvalue weighted by Crippen LogP contribution is -2.46. The van der Waals surface area contributed by atoms with Crippen LogP contribution in [0.3, 0.4) is 0 Å². The van der Waals surface area contributed by atoms with Crippen molar-refractivity contribution in [1.29, 1.82) is 0 Å². The van der Waals surface area contributed by atoms with Crippen molar-refractivity contribution in [2.45, 2.75) is 44.6 Å². The van der Waals surface area contributed by atoms with Gasteiger partial charge in [0, 0.05) is 11.6 Å². The Morgan fingerprint density at radius 2 is 2.00 bits per heavy atom. The van der Waals surface area contributed by atoms with Crippen molar-refractivity contribution < 1.29 is 13.7 Å². The molecule has 1 N–H and O–H groups in total. The van der Waals surface area contributed by atoms with Gasteiger partial charge >= 0.3 is 0 Å². The molecule has 0 spiro atoms. The van der Waals surface area contributed by atoms with Gasteiger partial charge in [0.05, 0.1) is 16.7 Å². The summed E-state index contributed by atoms with van der Waals surface area (Å²) in [5.74, 6) is -0.0643. The van der Waals surface area contributed by atoms with Gasteiger partial charge in [-0.05, 0) is 45.7 Å². The Hall–Kier alpha value is -2.17. The van der Waals surface area contributed by atoms with E-state index in [1.54, 1.807) is 24.3 Å². The maximum Gasteiger partial charge on any atom is 0.232 e. The van der Waals surface area contributed by atoms with Crippen molar-refractivity contribution in [1.82, 2.24) is 10.5 Å². The first-order valence-corrected chi connectivity index (χ1v) is 7.37. The van der Waals surface area contributed by atoms with Gasteiger partial charge in [-0.15, -0.1) is 0 Å². The second-order valence-electron chi connectivity index (χ2n) is 6.84. The fraction of sp³-hybridized carbons (Fsp3) is 0.412. The van der Waals surface area contributed by atoms with E-state index >= 15 is 0 Å². The van der Waals surface area contributed by atoms with E-state index < -0.39 is 5.41 Å². The smallest absolute Gasteiger partial charge is 0.232 e. The highest BCUT2D eigenvalue weighted by atomic mass is 19.1. The standard InChI is InChI=1S/C17H19FN2O2/c1-16(2,3)19-15(21)17(8-9-17)14-10-13(22-20-14)11-6-4-5-7-12(11)18/h4-7,10H,8-9H2,1-3H3,(H,19,21). The first-order chi connectivity index (χ1) is 10.3. The van der Waals surface area contributed by atoms with Crippen LogP contribution in [0.25, 0.3) is 11.3 Å². The molecule has 1 fully saturated rings. The van der Waals surface area contributed by atoms with E-state index in [0.29, 0.717) is 17.0 Å². The van der Waals surface area contributed by atoms with Gasteiger partial charge in [0.2, 0.25) is 5.91 Å². The average Bonchev–Trinajstić information content (AvgIpc) is 3.10. The number of halogens is 1. The van der Waals surface area contributed by atoms with Crippen molar-refractivity contribution in [2.24, 2.45) is 0 Å². The highest BCUT2D eigenvalue weighted by Gasteiger charge is 2.54. The minimum atomic E-state index is -0.625. The van der Waals surface area contributed by atoms with E-state index in [-0.39, 0.29) is 17.3 Å². The van der Waals surface area contributed by atoms with Crippen LogP contribution in [0.2, 0.25) is 0 Å². The highest BCUT2D eigenvalue weighted by Crippen LogP contribution is 2.49. The maximum absolute atomic E-state index is 13.8. The molecule has 1 aromatic carbocycles. The molecule has 22 heavy (non-hydrogen) atoms. The van der Waals surface area contributed by atoms with Crippen molar-refractivity contribution in [3.05, 3.63) is 41.8 Å². The van der Waals surface area contributed by atoms with Crippen LogP contribution in [-0.2, 0) is 10.2 Å². The summed E-state index contributed by atoms with van der Waals surface area (Å²) in [6.07, 6.45) is 1.47. The topological polar surface area (TPSA) is 55.1 Å². The Kier molecular flexibility index (Phi) is 3.31. The third kappa shape index (κ3) is 2.63. The molecule has 1 aliphatic rings. The van der Waals surface area contributed by atoms with E-state index in [4.69, 9.17) is 4.52 Å². The zero-order valence-electron chi connectivity index (χ0n) is 12.9. The van der Waals surface area contributed by atoms with Crippen molar-refractivity contribution in [3.63, 3.8) is 0 Å². The summed E-state index contributed by atoms with van der Waals surface area (Å²) in [5.41, 5.74) is 0.00575. The van der Waals surface area contributed by atoms with Gasteiger partial charge in [0.25, 0.3) is 0 Å². The molecule has 1 saturated carbocycles. The molecule has 0 radical (unpaired) electrons. The largest absolute Gasteiger partial charge is 0.356 e. The molecule has 1 aromatic heterocycles. The van der Waals surface area contributed by atoms with Gasteiger partial charge in [0.15, 0.2) is 5.76 Å². The normalized spacial score (nSPS) is 16.4. The number of amides is 1. The van der Waals surface area contributed by atoms with Crippen LogP contribution in [0, 0.1) is 5.82 Å². The molecule has 4 nitrogen and oxygen atoms in total. The fourth-order valence-corrected chi connectivity index (χ4v) is 2.47. The van der Waals surface area contributed by atoms with E-state index in [0.717, 1.165) is 12.8 Å². The molecule has 0 aliphatic heterocycles. The SMILES string of the molecule is CC(C)(C)NC(=O)C1(c2cc(-c3ccccc3F)on2)CC1. The lowest BCUT2D eigenvalue weighted by Gasteiger charge is -2.23. The number of carbonyl (C=O) groups excluding carboxylic acids is 1. The Balaban J connectivity index is 1.88. The molecule has 116 valence electrons. The van der Waals surface area contributed by atoms with Gasteiger partial charge in [-0.3, -0.25) is 4.79 Å². The lowest BCUT2D eigenvalue weighted by atomic mass is 9.98. The number of nitrogens with zero attached hydrogens (tertiary/aromatic N) is 1. The summed E-state index contributed by atoms with van der Waals surface area (Å²) in [6, 6.07) is 8.04. The Bertz CT molecular complexity index is 711. The third-order valence-electron chi connectivity index (χ3n) is 3.81. The Labute approximate surface area is 128 Å². The Morgan fingerprint density at radius 3 is 2.59 bits per heavy atom. The predicted molar refractivity (Wildman–Crippen MR) is 80.7 cm³/mol. The number of rotatable bonds is 3. The number of aromatic nitrogens is 1. The van der Waals surface area contributed by atoms with E-state index in [2.05, 4.69) is 10.5 Å². The molecule has 1 heterocycles. The third-order valence-corrected chi connectivity index (χ3v) is 3.81. The second-order valence-corrected chi connectivity index (χ2v) is 6.84. The number of benzene rings is 1. The molecule has 3 rings (SSSR count). The van der Waals surface area contributed by atoms with Crippen molar-refractivity contribution >= 4 is 5.91 Å². The molecule has 0 atom stereocenters. The maximum atomic E-state index is 13.8. The molecule has 1 amide bonds. The quantitative estimate of drug-likeness (QED) is 0.945. The number of carbonyl (C=O) groups is 1. The van der Waals surface area contributed by atoms with Crippen LogP contribution in [0.1, 0.15) is 39.3 Å². The summed E-state index contributed by atoms with van der Waals surface area (Å²) in [5, 5.41) is 7.00. The van der Waals surface area contributed by atoms with Crippen LogP contribution in [0.4, 0.5) is 4.39 Å². The molecule has 0 unspecified atom stereocenters. The minimum absolute atomic E-state index is 0.0478. The van der Waals surface area contributed by atoms with Gasteiger partial charge in [0.1, 0.15) is 5.82 Å². The fourth-order valence-electron chi connectivity index (χ4n) is 2.47. The summed E-state index contributed by atoms with van der Waals surface area (Å²) < 4.78 is 19.1. The average molecular weight is 302 g/mol. The highest BCUT2D eigenvalue weighted by molar-refractivity contribution is 5.91. The van der Waals surface area contributed by atoms with Crippen LogP contribution in [-0.4, -0.2) is 16.6 Å². The van der Waals surface area contributed by atoms with Crippen molar-refractivity contribution in [3.8, 4) is 11.3 Å². The first kappa shape index (κ1) is 14.8. The molecular weight excluding hydrogens is 283 g/mol. The van der Waals surface area contributed by atoms with Gasteiger partial charge < -0.3 is 9.84 Å². The molecular formula is C17H19FN2O2. The van der Waals surface area contributed by atoms with Crippen LogP contribution in [0.5, 0.6) is 0 Å². The summed E-state index contributed by atoms with van der Waals surface area (Å²) >= 11 is 0. The van der Waals surface area contributed by atoms with Crippen molar-refractivity contribution in [2.75, 3.05) is 0 Å². The monoisotopic (exact) mass is 302 g/mol.